The number of phenols is 1. The summed E-state index contributed by atoms with van der Waals surface area (Å²) in [5.41, 5.74) is 1.21. The number of aromatic hydroxyl groups is 1. The Bertz CT molecular complexity index is 924. The van der Waals surface area contributed by atoms with Crippen molar-refractivity contribution in [1.29, 1.82) is 0 Å². The normalized spacial score (nSPS) is 15.4. The van der Waals surface area contributed by atoms with Gasteiger partial charge in [0.1, 0.15) is 17.1 Å². The van der Waals surface area contributed by atoms with E-state index in [-0.39, 0.29) is 35.7 Å². The number of aryl methyl sites for hydroxylation is 1. The van der Waals surface area contributed by atoms with Gasteiger partial charge in [-0.25, -0.2) is 9.78 Å². The van der Waals surface area contributed by atoms with Crippen molar-refractivity contribution in [2.45, 2.75) is 39.2 Å². The molecule has 1 saturated heterocycles. The topological polar surface area (TPSA) is 128 Å². The molecule has 0 bridgehead atoms. The number of anilines is 3. The highest BCUT2D eigenvalue weighted by atomic mass is 35.5. The number of amides is 1. The predicted molar refractivity (Wildman–Crippen MR) is 116 cm³/mol. The maximum Gasteiger partial charge on any atom is 0.339 e. The zero-order chi connectivity index (χ0) is 21.0. The number of aromatic nitrogens is 2. The van der Waals surface area contributed by atoms with Gasteiger partial charge in [-0.15, -0.1) is 12.4 Å². The number of hydrogen-bond acceptors (Lipinski definition) is 7. The second-order valence-corrected chi connectivity index (χ2v) is 7.09. The maximum atomic E-state index is 11.3. The Balaban J connectivity index is 0.00000320. The molecule has 1 atom stereocenters. The summed E-state index contributed by atoms with van der Waals surface area (Å²) < 4.78 is 0. The monoisotopic (exact) mass is 435 g/mol. The average molecular weight is 436 g/mol. The predicted octanol–water partition coefficient (Wildman–Crippen LogP) is 2.71. The van der Waals surface area contributed by atoms with Gasteiger partial charge in [0.25, 0.3) is 0 Å². The number of aromatic carboxylic acids is 1. The van der Waals surface area contributed by atoms with Gasteiger partial charge < -0.3 is 25.7 Å². The van der Waals surface area contributed by atoms with Crippen LogP contribution in [0.4, 0.5) is 17.5 Å². The third-order valence-electron chi connectivity index (χ3n) is 4.68. The van der Waals surface area contributed by atoms with Gasteiger partial charge in [0, 0.05) is 49.6 Å². The maximum absolute atomic E-state index is 11.3. The second-order valence-electron chi connectivity index (χ2n) is 7.09. The first-order valence-corrected chi connectivity index (χ1v) is 9.59. The van der Waals surface area contributed by atoms with Crippen molar-refractivity contribution < 1.29 is 19.8 Å². The quantitative estimate of drug-likeness (QED) is 0.522. The molecular formula is C20H26ClN5O4. The molecule has 0 aliphatic carbocycles. The van der Waals surface area contributed by atoms with Crippen LogP contribution in [0.2, 0.25) is 0 Å². The molecule has 30 heavy (non-hydrogen) atoms. The lowest BCUT2D eigenvalue weighted by Gasteiger charge is -2.19. The number of rotatable bonds is 7. The van der Waals surface area contributed by atoms with E-state index in [1.165, 1.54) is 19.1 Å². The highest BCUT2D eigenvalue weighted by Gasteiger charge is 2.25. The third-order valence-corrected chi connectivity index (χ3v) is 4.68. The molecule has 3 rings (SSSR count). The van der Waals surface area contributed by atoms with Crippen molar-refractivity contribution in [3.8, 4) is 5.75 Å². The lowest BCUT2D eigenvalue weighted by Crippen LogP contribution is -2.35. The molecule has 10 heteroatoms. The van der Waals surface area contributed by atoms with E-state index in [0.717, 1.165) is 37.3 Å². The summed E-state index contributed by atoms with van der Waals surface area (Å²) in [6, 6.07) is 6.27. The van der Waals surface area contributed by atoms with Crippen molar-refractivity contribution in [3.05, 3.63) is 35.5 Å². The average Bonchev–Trinajstić information content (AvgIpc) is 3.09. The molecule has 1 aromatic heterocycles. The van der Waals surface area contributed by atoms with Crippen molar-refractivity contribution in [3.63, 3.8) is 0 Å². The number of carbonyl (C=O) groups excluding carboxylic acids is 1. The van der Waals surface area contributed by atoms with Gasteiger partial charge >= 0.3 is 5.97 Å². The second kappa shape index (κ2) is 10.1. The molecule has 1 aliphatic heterocycles. The highest BCUT2D eigenvalue weighted by Crippen LogP contribution is 2.26. The van der Waals surface area contributed by atoms with Crippen molar-refractivity contribution in [1.82, 2.24) is 15.3 Å². The van der Waals surface area contributed by atoms with Crippen molar-refractivity contribution in [2.75, 3.05) is 23.3 Å². The molecule has 2 aromatic rings. The van der Waals surface area contributed by atoms with Crippen LogP contribution in [0.1, 0.15) is 42.7 Å². The minimum absolute atomic E-state index is 0. The van der Waals surface area contributed by atoms with Crippen molar-refractivity contribution in [2.24, 2.45) is 0 Å². The number of halogens is 1. The van der Waals surface area contributed by atoms with E-state index in [0.29, 0.717) is 18.2 Å². The van der Waals surface area contributed by atoms with E-state index < -0.39 is 5.97 Å². The van der Waals surface area contributed by atoms with Crippen LogP contribution >= 0.6 is 12.4 Å². The minimum Gasteiger partial charge on any atom is -0.507 e. The lowest BCUT2D eigenvalue weighted by molar-refractivity contribution is -0.119. The Morgan fingerprint density at radius 1 is 1.27 bits per heavy atom. The van der Waals surface area contributed by atoms with Gasteiger partial charge in [0.2, 0.25) is 11.9 Å². The van der Waals surface area contributed by atoms with Crippen LogP contribution in [0.15, 0.2) is 24.3 Å². The van der Waals surface area contributed by atoms with E-state index in [2.05, 4.69) is 32.4 Å². The summed E-state index contributed by atoms with van der Waals surface area (Å²) >= 11 is 0. The molecule has 2 heterocycles. The Kier molecular flexibility index (Phi) is 7.82. The first-order valence-electron chi connectivity index (χ1n) is 9.59. The third kappa shape index (κ3) is 5.73. The summed E-state index contributed by atoms with van der Waals surface area (Å²) in [6.07, 6.45) is 2.56. The zero-order valence-electron chi connectivity index (χ0n) is 16.9. The number of carbonyl (C=O) groups is 2. The van der Waals surface area contributed by atoms with E-state index in [1.54, 1.807) is 6.07 Å². The van der Waals surface area contributed by atoms with Crippen molar-refractivity contribution >= 4 is 41.7 Å². The van der Waals surface area contributed by atoms with Gasteiger partial charge in [0.05, 0.1) is 0 Å². The van der Waals surface area contributed by atoms with Crippen LogP contribution in [0, 0.1) is 0 Å². The standard InChI is InChI=1S/C20H25N5O4.ClH/c1-3-4-13-10-18(25-8-7-15(11-25)21-12(2)26)24-20(22-13)23-14-5-6-16(19(28)29)17(27)9-14;/h5-6,9-10,15,27H,3-4,7-8,11H2,1-2H3,(H,21,26)(H,28,29)(H,22,23,24);1H/t15-;/m0./s1. The largest absolute Gasteiger partial charge is 0.507 e. The number of benzene rings is 1. The molecule has 1 aromatic carbocycles. The summed E-state index contributed by atoms with van der Waals surface area (Å²) in [6.45, 7) is 5.04. The minimum atomic E-state index is -1.19. The number of carboxylic acid groups (broad SMARTS) is 1. The molecular weight excluding hydrogens is 410 g/mol. The Morgan fingerprint density at radius 3 is 2.67 bits per heavy atom. The Morgan fingerprint density at radius 2 is 2.03 bits per heavy atom. The van der Waals surface area contributed by atoms with Gasteiger partial charge in [-0.2, -0.15) is 4.98 Å². The fourth-order valence-electron chi connectivity index (χ4n) is 3.38. The molecule has 1 amide bonds. The fraction of sp³-hybridized carbons (Fsp3) is 0.400. The summed E-state index contributed by atoms with van der Waals surface area (Å²) in [7, 11) is 0. The van der Waals surface area contributed by atoms with E-state index >= 15 is 0 Å². The van der Waals surface area contributed by atoms with Gasteiger partial charge in [-0.05, 0) is 25.0 Å². The Labute approximate surface area is 180 Å². The molecule has 0 radical (unpaired) electrons. The SMILES string of the molecule is CCCc1cc(N2CC[C@H](NC(C)=O)C2)nc(Nc2ccc(C(=O)O)c(O)c2)n1.Cl. The van der Waals surface area contributed by atoms with Gasteiger partial charge in [-0.1, -0.05) is 13.3 Å². The highest BCUT2D eigenvalue weighted by molar-refractivity contribution is 5.91. The first-order chi connectivity index (χ1) is 13.9. The molecule has 9 nitrogen and oxygen atoms in total. The van der Waals surface area contributed by atoms with E-state index in [1.807, 2.05) is 6.07 Å². The van der Waals surface area contributed by atoms with Crippen LogP contribution in [-0.2, 0) is 11.2 Å². The molecule has 0 unspecified atom stereocenters. The molecule has 4 N–H and O–H groups in total. The molecule has 1 fully saturated rings. The number of hydrogen-bond donors (Lipinski definition) is 4. The van der Waals surface area contributed by atoms with Crippen LogP contribution in [0.25, 0.3) is 0 Å². The molecule has 162 valence electrons. The van der Waals surface area contributed by atoms with Gasteiger partial charge in [0.15, 0.2) is 0 Å². The zero-order valence-corrected chi connectivity index (χ0v) is 17.7. The summed E-state index contributed by atoms with van der Waals surface area (Å²) in [5.74, 6) is -0.426. The summed E-state index contributed by atoms with van der Waals surface area (Å²) in [4.78, 5) is 33.6. The van der Waals surface area contributed by atoms with Crippen LogP contribution in [0.5, 0.6) is 5.75 Å². The van der Waals surface area contributed by atoms with Crippen LogP contribution in [-0.4, -0.2) is 51.2 Å². The molecule has 0 saturated carbocycles. The smallest absolute Gasteiger partial charge is 0.339 e. The first kappa shape index (κ1) is 23.2. The lowest BCUT2D eigenvalue weighted by atomic mass is 10.2. The number of nitrogens with zero attached hydrogens (tertiary/aromatic N) is 3. The van der Waals surface area contributed by atoms with Gasteiger partial charge in [-0.3, -0.25) is 4.79 Å². The van der Waals surface area contributed by atoms with Crippen LogP contribution in [0.3, 0.4) is 0 Å². The summed E-state index contributed by atoms with van der Waals surface area (Å²) in [5, 5.41) is 24.9. The molecule has 1 aliphatic rings. The molecule has 0 spiro atoms. The number of nitrogens with one attached hydrogen (secondary N) is 2. The van der Waals surface area contributed by atoms with Crippen LogP contribution < -0.4 is 15.5 Å². The fourth-order valence-corrected chi connectivity index (χ4v) is 3.38. The number of carboxylic acids is 1. The van der Waals surface area contributed by atoms with E-state index in [9.17, 15) is 14.7 Å². The van der Waals surface area contributed by atoms with E-state index in [4.69, 9.17) is 5.11 Å². The Hall–Kier alpha value is -3.07.